The minimum Gasteiger partial charge on any atom is -0.488 e. The molecule has 146 valence electrons. The molecule has 0 saturated heterocycles. The number of benzene rings is 2. The van der Waals surface area contributed by atoms with Crippen LogP contribution in [0.2, 0.25) is 0 Å². The predicted molar refractivity (Wildman–Crippen MR) is 102 cm³/mol. The van der Waals surface area contributed by atoms with Gasteiger partial charge in [-0.2, -0.15) is 0 Å². The van der Waals surface area contributed by atoms with Crippen molar-refractivity contribution < 1.29 is 28.6 Å². The third kappa shape index (κ3) is 3.20. The predicted octanol–water partition coefficient (Wildman–Crippen LogP) is 4.24. The standard InChI is InChI=1S/C22H16FNO5/c1-11-3-5-14(20(24-11)22(27)28-2)16-7-12-10-29-19-6-4-13(23)8-17(19)15(12)9-18(16)21(25)26/h3-9H,10H2,1-2H3,(H,25,26). The van der Waals surface area contributed by atoms with Gasteiger partial charge in [-0.05, 0) is 60.0 Å². The van der Waals surface area contributed by atoms with Gasteiger partial charge in [0.25, 0.3) is 0 Å². The van der Waals surface area contributed by atoms with Gasteiger partial charge in [-0.1, -0.05) is 6.07 Å². The van der Waals surface area contributed by atoms with Gasteiger partial charge in [0, 0.05) is 16.8 Å². The number of ether oxygens (including phenoxy) is 2. The minimum atomic E-state index is -1.18. The highest BCUT2D eigenvalue weighted by Crippen LogP contribution is 2.41. The second kappa shape index (κ2) is 7.01. The lowest BCUT2D eigenvalue weighted by molar-refractivity contribution is 0.0593. The van der Waals surface area contributed by atoms with E-state index in [1.165, 1.54) is 31.4 Å². The normalized spacial score (nSPS) is 11.8. The first kappa shape index (κ1) is 18.6. The summed E-state index contributed by atoms with van der Waals surface area (Å²) in [5, 5.41) is 9.83. The molecule has 29 heavy (non-hydrogen) atoms. The van der Waals surface area contributed by atoms with Gasteiger partial charge in [-0.25, -0.2) is 19.0 Å². The zero-order valence-corrected chi connectivity index (χ0v) is 15.7. The Kier molecular flexibility index (Phi) is 4.50. The van der Waals surface area contributed by atoms with Crippen molar-refractivity contribution in [3.8, 4) is 28.0 Å². The first-order chi connectivity index (χ1) is 13.9. The van der Waals surface area contributed by atoms with Crippen LogP contribution in [0.25, 0.3) is 22.3 Å². The van der Waals surface area contributed by atoms with Gasteiger partial charge in [0.15, 0.2) is 5.69 Å². The molecule has 3 aromatic rings. The van der Waals surface area contributed by atoms with Crippen LogP contribution < -0.4 is 4.74 Å². The summed E-state index contributed by atoms with van der Waals surface area (Å²) in [7, 11) is 1.24. The number of fused-ring (bicyclic) bond motifs is 3. The number of rotatable bonds is 3. The molecule has 0 saturated carbocycles. The Morgan fingerprint density at radius 1 is 1.07 bits per heavy atom. The fourth-order valence-electron chi connectivity index (χ4n) is 3.43. The summed E-state index contributed by atoms with van der Waals surface area (Å²) in [6, 6.07) is 10.6. The van der Waals surface area contributed by atoms with E-state index in [2.05, 4.69) is 4.98 Å². The Labute approximate surface area is 165 Å². The van der Waals surface area contributed by atoms with Crippen LogP contribution in [0.3, 0.4) is 0 Å². The average Bonchev–Trinajstić information content (AvgIpc) is 2.71. The summed E-state index contributed by atoms with van der Waals surface area (Å²) in [6.45, 7) is 1.91. The van der Waals surface area contributed by atoms with Crippen LogP contribution in [0.5, 0.6) is 5.75 Å². The SMILES string of the molecule is COC(=O)c1nc(C)ccc1-c1cc2c(cc1C(=O)O)-c1cc(F)ccc1OC2. The Bertz CT molecular complexity index is 1170. The van der Waals surface area contributed by atoms with Gasteiger partial charge >= 0.3 is 11.9 Å². The lowest BCUT2D eigenvalue weighted by Crippen LogP contribution is -2.12. The fourth-order valence-corrected chi connectivity index (χ4v) is 3.43. The van der Waals surface area contributed by atoms with Crippen molar-refractivity contribution in [2.24, 2.45) is 0 Å². The molecular formula is C22H16FNO5. The van der Waals surface area contributed by atoms with E-state index in [1.54, 1.807) is 25.1 Å². The number of carboxylic acids is 1. The highest BCUT2D eigenvalue weighted by atomic mass is 19.1. The van der Waals surface area contributed by atoms with E-state index in [9.17, 15) is 19.1 Å². The van der Waals surface area contributed by atoms with E-state index in [-0.39, 0.29) is 17.9 Å². The zero-order valence-electron chi connectivity index (χ0n) is 15.7. The summed E-state index contributed by atoms with van der Waals surface area (Å²) in [6.07, 6.45) is 0. The number of aromatic carboxylic acids is 1. The van der Waals surface area contributed by atoms with Crippen molar-refractivity contribution in [1.29, 1.82) is 0 Å². The maximum atomic E-state index is 13.8. The third-order valence-electron chi connectivity index (χ3n) is 4.79. The number of methoxy groups -OCH3 is 1. The number of nitrogens with zero attached hydrogens (tertiary/aromatic N) is 1. The van der Waals surface area contributed by atoms with E-state index >= 15 is 0 Å². The molecule has 2 heterocycles. The van der Waals surface area contributed by atoms with Crippen LogP contribution in [-0.2, 0) is 11.3 Å². The molecular weight excluding hydrogens is 377 g/mol. The van der Waals surface area contributed by atoms with Crippen LogP contribution in [0.4, 0.5) is 4.39 Å². The first-order valence-corrected chi connectivity index (χ1v) is 8.78. The average molecular weight is 393 g/mol. The van der Waals surface area contributed by atoms with Crippen molar-refractivity contribution in [3.05, 3.63) is 70.8 Å². The summed E-state index contributed by atoms with van der Waals surface area (Å²) in [4.78, 5) is 28.5. The van der Waals surface area contributed by atoms with Crippen molar-refractivity contribution in [2.45, 2.75) is 13.5 Å². The summed E-state index contributed by atoms with van der Waals surface area (Å²) >= 11 is 0. The first-order valence-electron chi connectivity index (χ1n) is 8.78. The van der Waals surface area contributed by atoms with Gasteiger partial charge in [-0.15, -0.1) is 0 Å². The molecule has 1 aliphatic rings. The highest BCUT2D eigenvalue weighted by molar-refractivity contribution is 6.03. The van der Waals surface area contributed by atoms with E-state index in [0.29, 0.717) is 39.3 Å². The van der Waals surface area contributed by atoms with Crippen molar-refractivity contribution in [1.82, 2.24) is 4.98 Å². The molecule has 6 nitrogen and oxygen atoms in total. The number of pyridine rings is 1. The second-order valence-corrected chi connectivity index (χ2v) is 6.63. The minimum absolute atomic E-state index is 0.0260. The van der Waals surface area contributed by atoms with Crippen molar-refractivity contribution in [3.63, 3.8) is 0 Å². The molecule has 0 amide bonds. The molecule has 4 rings (SSSR count). The molecule has 1 N–H and O–H groups in total. The van der Waals surface area contributed by atoms with Crippen LogP contribution in [0.1, 0.15) is 32.1 Å². The molecule has 0 fully saturated rings. The molecule has 2 aromatic carbocycles. The number of hydrogen-bond donors (Lipinski definition) is 1. The lowest BCUT2D eigenvalue weighted by atomic mass is 9.89. The molecule has 0 radical (unpaired) electrons. The van der Waals surface area contributed by atoms with Crippen molar-refractivity contribution >= 4 is 11.9 Å². The molecule has 0 spiro atoms. The quantitative estimate of drug-likeness (QED) is 0.670. The Morgan fingerprint density at radius 3 is 2.59 bits per heavy atom. The van der Waals surface area contributed by atoms with Gasteiger partial charge in [-0.3, -0.25) is 0 Å². The number of carbonyl (C=O) groups is 2. The van der Waals surface area contributed by atoms with Crippen LogP contribution in [0, 0.1) is 12.7 Å². The highest BCUT2D eigenvalue weighted by Gasteiger charge is 2.25. The molecule has 0 unspecified atom stereocenters. The summed E-state index contributed by atoms with van der Waals surface area (Å²) in [5.74, 6) is -1.81. The third-order valence-corrected chi connectivity index (χ3v) is 4.79. The molecule has 7 heteroatoms. The summed E-state index contributed by atoms with van der Waals surface area (Å²) in [5.41, 5.74) is 2.98. The molecule has 0 atom stereocenters. The van der Waals surface area contributed by atoms with E-state index in [1.807, 2.05) is 0 Å². The van der Waals surface area contributed by atoms with E-state index in [4.69, 9.17) is 9.47 Å². The Morgan fingerprint density at radius 2 is 1.86 bits per heavy atom. The zero-order chi connectivity index (χ0) is 20.7. The fraction of sp³-hybridized carbons (Fsp3) is 0.136. The monoisotopic (exact) mass is 393 g/mol. The topological polar surface area (TPSA) is 85.7 Å². The number of hydrogen-bond acceptors (Lipinski definition) is 5. The van der Waals surface area contributed by atoms with Gasteiger partial charge in [0.1, 0.15) is 18.2 Å². The molecule has 1 aliphatic heterocycles. The number of carbonyl (C=O) groups excluding carboxylic acids is 1. The van der Waals surface area contributed by atoms with Gasteiger partial charge in [0.2, 0.25) is 0 Å². The lowest BCUT2D eigenvalue weighted by Gasteiger charge is -2.23. The number of esters is 1. The number of aryl methyl sites for hydroxylation is 1. The molecule has 0 bridgehead atoms. The summed E-state index contributed by atoms with van der Waals surface area (Å²) < 4.78 is 24.3. The van der Waals surface area contributed by atoms with Crippen LogP contribution in [0.15, 0.2) is 42.5 Å². The van der Waals surface area contributed by atoms with Crippen molar-refractivity contribution in [2.75, 3.05) is 7.11 Å². The smallest absolute Gasteiger partial charge is 0.357 e. The van der Waals surface area contributed by atoms with E-state index in [0.717, 1.165) is 0 Å². The number of aromatic nitrogens is 1. The maximum Gasteiger partial charge on any atom is 0.357 e. The van der Waals surface area contributed by atoms with Gasteiger partial charge < -0.3 is 14.6 Å². The second-order valence-electron chi connectivity index (χ2n) is 6.63. The Balaban J connectivity index is 1.99. The molecule has 0 aliphatic carbocycles. The molecule has 1 aromatic heterocycles. The van der Waals surface area contributed by atoms with Gasteiger partial charge in [0.05, 0.1) is 12.7 Å². The van der Waals surface area contributed by atoms with Crippen LogP contribution in [-0.4, -0.2) is 29.1 Å². The van der Waals surface area contributed by atoms with E-state index < -0.39 is 17.8 Å². The largest absolute Gasteiger partial charge is 0.488 e. The number of carboxylic acid groups (broad SMARTS) is 1. The van der Waals surface area contributed by atoms with Crippen LogP contribution >= 0.6 is 0 Å². The number of halogens is 1. The Hall–Kier alpha value is -3.74. The maximum absolute atomic E-state index is 13.8.